The molecule has 1 rings (SSSR count). The lowest BCUT2D eigenvalue weighted by Crippen LogP contribution is -2.41. The maximum absolute atomic E-state index is 11.5. The van der Waals surface area contributed by atoms with Gasteiger partial charge in [0, 0.05) is 13.7 Å². The van der Waals surface area contributed by atoms with Gasteiger partial charge in [0.1, 0.15) is 0 Å². The molecule has 3 nitrogen and oxygen atoms in total. The predicted octanol–water partition coefficient (Wildman–Crippen LogP) is 2.94. The van der Waals surface area contributed by atoms with Gasteiger partial charge in [-0.05, 0) is 43.9 Å². The summed E-state index contributed by atoms with van der Waals surface area (Å²) < 4.78 is 5.06. The van der Waals surface area contributed by atoms with E-state index >= 15 is 0 Å². The van der Waals surface area contributed by atoms with Crippen LogP contribution < -0.4 is 0 Å². The van der Waals surface area contributed by atoms with Crippen molar-refractivity contribution < 1.29 is 14.6 Å². The van der Waals surface area contributed by atoms with E-state index < -0.39 is 11.4 Å². The van der Waals surface area contributed by atoms with E-state index in [1.807, 2.05) is 0 Å². The highest BCUT2D eigenvalue weighted by atomic mass is 16.5. The van der Waals surface area contributed by atoms with Crippen molar-refractivity contribution in [3.05, 3.63) is 0 Å². The first-order chi connectivity index (χ1) is 7.53. The van der Waals surface area contributed by atoms with Crippen LogP contribution in [0.5, 0.6) is 0 Å². The fourth-order valence-corrected chi connectivity index (χ4v) is 2.77. The molecule has 0 bridgehead atoms. The van der Waals surface area contributed by atoms with Gasteiger partial charge >= 0.3 is 5.97 Å². The first-order valence-corrected chi connectivity index (χ1v) is 6.25. The molecule has 0 aromatic heterocycles. The molecule has 1 aliphatic rings. The first-order valence-electron chi connectivity index (χ1n) is 6.25. The fourth-order valence-electron chi connectivity index (χ4n) is 2.77. The molecule has 1 unspecified atom stereocenters. The Morgan fingerprint density at radius 3 is 2.50 bits per heavy atom. The lowest BCUT2D eigenvalue weighted by Gasteiger charge is -2.40. The first kappa shape index (κ1) is 13.5. The number of methoxy groups -OCH3 is 1. The molecule has 94 valence electrons. The minimum Gasteiger partial charge on any atom is -0.481 e. The zero-order valence-corrected chi connectivity index (χ0v) is 10.7. The van der Waals surface area contributed by atoms with Gasteiger partial charge in [0.25, 0.3) is 0 Å². The number of rotatable bonds is 5. The Morgan fingerprint density at radius 2 is 2.06 bits per heavy atom. The van der Waals surface area contributed by atoms with Crippen LogP contribution in [0.15, 0.2) is 0 Å². The molecule has 1 aliphatic carbocycles. The molecule has 1 saturated carbocycles. The molecular formula is C13H24O3. The third-order valence-electron chi connectivity index (χ3n) is 4.29. The Balaban J connectivity index is 2.69. The molecule has 0 amide bonds. The van der Waals surface area contributed by atoms with Crippen LogP contribution in [0.25, 0.3) is 0 Å². The van der Waals surface area contributed by atoms with Crippen molar-refractivity contribution in [2.24, 2.45) is 17.3 Å². The number of carbonyl (C=O) groups is 1. The van der Waals surface area contributed by atoms with Crippen molar-refractivity contribution >= 4 is 5.97 Å². The summed E-state index contributed by atoms with van der Waals surface area (Å²) in [7, 11) is 1.67. The number of carboxylic acids is 1. The second kappa shape index (κ2) is 5.67. The Kier molecular flexibility index (Phi) is 4.78. The third kappa shape index (κ3) is 2.76. The van der Waals surface area contributed by atoms with Crippen LogP contribution in [-0.4, -0.2) is 24.8 Å². The van der Waals surface area contributed by atoms with E-state index in [-0.39, 0.29) is 5.92 Å². The Hall–Kier alpha value is -0.570. The van der Waals surface area contributed by atoms with Crippen LogP contribution in [0.3, 0.4) is 0 Å². The smallest absolute Gasteiger partial charge is 0.309 e. The third-order valence-corrected chi connectivity index (χ3v) is 4.29. The highest BCUT2D eigenvalue weighted by Crippen LogP contribution is 2.45. The van der Waals surface area contributed by atoms with Gasteiger partial charge in [0.05, 0.1) is 5.41 Å². The SMILES string of the molecule is COCCC(C)C1(C(=O)O)CCC(C)CC1. The summed E-state index contributed by atoms with van der Waals surface area (Å²) in [5.41, 5.74) is -0.495. The molecule has 3 heteroatoms. The van der Waals surface area contributed by atoms with Gasteiger partial charge < -0.3 is 9.84 Å². The monoisotopic (exact) mass is 228 g/mol. The molecule has 1 N–H and O–H groups in total. The quantitative estimate of drug-likeness (QED) is 0.787. The highest BCUT2D eigenvalue weighted by molar-refractivity contribution is 5.75. The lowest BCUT2D eigenvalue weighted by molar-refractivity contribution is -0.156. The molecular weight excluding hydrogens is 204 g/mol. The lowest BCUT2D eigenvalue weighted by atomic mass is 9.63. The Bertz CT molecular complexity index is 229. The number of ether oxygens (including phenoxy) is 1. The van der Waals surface area contributed by atoms with Crippen molar-refractivity contribution in [2.45, 2.75) is 46.0 Å². The topological polar surface area (TPSA) is 46.5 Å². The van der Waals surface area contributed by atoms with Crippen molar-refractivity contribution in [1.29, 1.82) is 0 Å². The number of carboxylic acid groups (broad SMARTS) is 1. The molecule has 1 fully saturated rings. The average molecular weight is 228 g/mol. The van der Waals surface area contributed by atoms with Crippen LogP contribution in [0.4, 0.5) is 0 Å². The second-order valence-corrected chi connectivity index (χ2v) is 5.33. The van der Waals surface area contributed by atoms with Crippen LogP contribution in [-0.2, 0) is 9.53 Å². The molecule has 0 aliphatic heterocycles. The molecule has 0 aromatic rings. The van der Waals surface area contributed by atoms with E-state index in [0.717, 1.165) is 32.1 Å². The van der Waals surface area contributed by atoms with Crippen LogP contribution >= 0.6 is 0 Å². The van der Waals surface area contributed by atoms with Crippen molar-refractivity contribution in [2.75, 3.05) is 13.7 Å². The van der Waals surface area contributed by atoms with Crippen molar-refractivity contribution in [3.8, 4) is 0 Å². The molecule has 0 saturated heterocycles. The summed E-state index contributed by atoms with van der Waals surface area (Å²) in [6.45, 7) is 4.93. The van der Waals surface area contributed by atoms with E-state index in [0.29, 0.717) is 12.5 Å². The van der Waals surface area contributed by atoms with Gasteiger partial charge in [0.15, 0.2) is 0 Å². The van der Waals surface area contributed by atoms with Crippen LogP contribution in [0, 0.1) is 17.3 Å². The highest BCUT2D eigenvalue weighted by Gasteiger charge is 2.45. The van der Waals surface area contributed by atoms with Gasteiger partial charge in [-0.15, -0.1) is 0 Å². The maximum atomic E-state index is 11.5. The van der Waals surface area contributed by atoms with E-state index in [2.05, 4.69) is 13.8 Å². The van der Waals surface area contributed by atoms with Gasteiger partial charge in [-0.3, -0.25) is 4.79 Å². The average Bonchev–Trinajstić information content (AvgIpc) is 2.26. The van der Waals surface area contributed by atoms with Crippen molar-refractivity contribution in [3.63, 3.8) is 0 Å². The van der Waals surface area contributed by atoms with Gasteiger partial charge in [-0.2, -0.15) is 0 Å². The second-order valence-electron chi connectivity index (χ2n) is 5.33. The summed E-state index contributed by atoms with van der Waals surface area (Å²) in [6.07, 6.45) is 4.59. The van der Waals surface area contributed by atoms with E-state index in [1.165, 1.54) is 0 Å². The van der Waals surface area contributed by atoms with E-state index in [4.69, 9.17) is 4.74 Å². The summed E-state index contributed by atoms with van der Waals surface area (Å²) in [6, 6.07) is 0. The standard InChI is InChI=1S/C13H24O3/c1-10-4-7-13(8-5-10,12(14)15)11(2)6-9-16-3/h10-11H,4-9H2,1-3H3,(H,14,15). The van der Waals surface area contributed by atoms with Crippen LogP contribution in [0.1, 0.15) is 46.0 Å². The minimum absolute atomic E-state index is 0.206. The molecule has 0 heterocycles. The van der Waals surface area contributed by atoms with Gasteiger partial charge in [-0.25, -0.2) is 0 Å². The van der Waals surface area contributed by atoms with E-state index in [9.17, 15) is 9.90 Å². The van der Waals surface area contributed by atoms with Crippen molar-refractivity contribution in [1.82, 2.24) is 0 Å². The summed E-state index contributed by atoms with van der Waals surface area (Å²) >= 11 is 0. The predicted molar refractivity (Wildman–Crippen MR) is 63.4 cm³/mol. The largest absolute Gasteiger partial charge is 0.481 e. The normalized spacial score (nSPS) is 32.3. The molecule has 0 spiro atoms. The zero-order valence-electron chi connectivity index (χ0n) is 10.7. The zero-order chi connectivity index (χ0) is 12.2. The summed E-state index contributed by atoms with van der Waals surface area (Å²) in [4.78, 5) is 11.5. The molecule has 0 aromatic carbocycles. The summed E-state index contributed by atoms with van der Waals surface area (Å²) in [5.74, 6) is 0.280. The number of hydrogen-bond acceptors (Lipinski definition) is 2. The maximum Gasteiger partial charge on any atom is 0.309 e. The minimum atomic E-state index is -0.608. The Labute approximate surface area is 98.2 Å². The molecule has 0 radical (unpaired) electrons. The van der Waals surface area contributed by atoms with Gasteiger partial charge in [0.2, 0.25) is 0 Å². The van der Waals surface area contributed by atoms with Gasteiger partial charge in [-0.1, -0.05) is 13.8 Å². The Morgan fingerprint density at radius 1 is 1.50 bits per heavy atom. The molecule has 16 heavy (non-hydrogen) atoms. The number of hydrogen-bond donors (Lipinski definition) is 1. The van der Waals surface area contributed by atoms with Crippen LogP contribution in [0.2, 0.25) is 0 Å². The number of aliphatic carboxylic acids is 1. The molecule has 1 atom stereocenters. The fraction of sp³-hybridized carbons (Fsp3) is 0.923. The summed E-state index contributed by atoms with van der Waals surface area (Å²) in [5, 5.41) is 9.50. The van der Waals surface area contributed by atoms with E-state index in [1.54, 1.807) is 7.11 Å².